The lowest BCUT2D eigenvalue weighted by molar-refractivity contribution is 0.239. The Labute approximate surface area is 172 Å². The summed E-state index contributed by atoms with van der Waals surface area (Å²) in [7, 11) is 1.76. The Balaban J connectivity index is 1.44. The van der Waals surface area contributed by atoms with E-state index in [4.69, 9.17) is 15.9 Å². The van der Waals surface area contributed by atoms with E-state index in [2.05, 4.69) is 41.2 Å². The lowest BCUT2D eigenvalue weighted by Crippen LogP contribution is -2.57. The van der Waals surface area contributed by atoms with Gasteiger partial charge in [-0.2, -0.15) is 0 Å². The number of ether oxygens (including phenoxy) is 1. The van der Waals surface area contributed by atoms with E-state index in [0.29, 0.717) is 19.7 Å². The van der Waals surface area contributed by atoms with E-state index < -0.39 is 0 Å². The lowest BCUT2D eigenvalue weighted by Gasteiger charge is -2.40. The van der Waals surface area contributed by atoms with Crippen LogP contribution in [-0.4, -0.2) is 43.4 Å². The third kappa shape index (κ3) is 5.60. The van der Waals surface area contributed by atoms with E-state index in [0.717, 1.165) is 35.7 Å². The first-order chi connectivity index (χ1) is 14.1. The van der Waals surface area contributed by atoms with Crippen molar-refractivity contribution in [3.63, 3.8) is 0 Å². The molecule has 1 heterocycles. The molecule has 1 aliphatic rings. The first kappa shape index (κ1) is 20.5. The van der Waals surface area contributed by atoms with Crippen LogP contribution in [0.4, 0.5) is 0 Å². The molecule has 29 heavy (non-hydrogen) atoms. The largest absolute Gasteiger partial charge is 0.494 e. The molecule has 0 saturated carbocycles. The highest BCUT2D eigenvalue weighted by Gasteiger charge is 2.31. The predicted octanol–water partition coefficient (Wildman–Crippen LogP) is 3.11. The van der Waals surface area contributed by atoms with E-state index in [1.165, 1.54) is 5.56 Å². The molecule has 0 aliphatic carbocycles. The first-order valence-corrected chi connectivity index (χ1v) is 9.85. The maximum atomic E-state index is 7.45. The van der Waals surface area contributed by atoms with Crippen LogP contribution in [0.1, 0.15) is 17.5 Å². The fourth-order valence-electron chi connectivity index (χ4n) is 3.28. The number of hydrogen-bond donors (Lipinski definition) is 3. The Morgan fingerprint density at radius 1 is 1.21 bits per heavy atom. The molecule has 4 N–H and O–H groups in total. The molecule has 1 saturated heterocycles. The van der Waals surface area contributed by atoms with E-state index in [1.54, 1.807) is 7.05 Å². The number of nitrogens with one attached hydrogen (secondary N) is 2. The highest BCUT2D eigenvalue weighted by atomic mass is 16.5. The van der Waals surface area contributed by atoms with Crippen molar-refractivity contribution in [1.29, 1.82) is 5.41 Å². The summed E-state index contributed by atoms with van der Waals surface area (Å²) in [5.41, 5.74) is 8.62. The van der Waals surface area contributed by atoms with Gasteiger partial charge in [0.1, 0.15) is 11.6 Å². The second-order valence-corrected chi connectivity index (χ2v) is 7.16. The summed E-state index contributed by atoms with van der Waals surface area (Å²) in [4.78, 5) is 6.15. The molecule has 0 amide bonds. The Morgan fingerprint density at radius 3 is 2.52 bits per heavy atom. The molecule has 0 radical (unpaired) electrons. The molecule has 0 unspecified atom stereocenters. The van der Waals surface area contributed by atoms with Crippen LogP contribution < -0.4 is 15.8 Å². The molecule has 6 heteroatoms. The Hall–Kier alpha value is -3.28. The summed E-state index contributed by atoms with van der Waals surface area (Å²) in [6.07, 6.45) is 2.00. The first-order valence-electron chi connectivity index (χ1n) is 9.85. The number of nitrogens with two attached hydrogens (primary N) is 1. The fraction of sp³-hybridized carbons (Fsp3) is 0.304. The Bertz CT molecular complexity index is 855. The van der Waals surface area contributed by atoms with Crippen molar-refractivity contribution in [2.24, 2.45) is 16.6 Å². The molecule has 1 fully saturated rings. The molecule has 152 valence electrons. The van der Waals surface area contributed by atoms with Gasteiger partial charge >= 0.3 is 0 Å². The molecular weight excluding hydrogens is 362 g/mol. The zero-order valence-electron chi connectivity index (χ0n) is 16.9. The van der Waals surface area contributed by atoms with Gasteiger partial charge in [-0.05, 0) is 48.2 Å². The van der Waals surface area contributed by atoms with Crippen molar-refractivity contribution in [3.8, 4) is 5.75 Å². The van der Waals surface area contributed by atoms with E-state index in [9.17, 15) is 0 Å². The van der Waals surface area contributed by atoms with Gasteiger partial charge in [0.05, 0.1) is 12.5 Å². The van der Waals surface area contributed by atoms with Gasteiger partial charge < -0.3 is 20.7 Å². The molecule has 6 nitrogen and oxygen atoms in total. The molecule has 0 atom stereocenters. The van der Waals surface area contributed by atoms with Crippen molar-refractivity contribution in [2.75, 3.05) is 26.7 Å². The summed E-state index contributed by atoms with van der Waals surface area (Å²) in [5.74, 6) is 2.08. The average Bonchev–Trinajstić information content (AvgIpc) is 2.70. The van der Waals surface area contributed by atoms with Crippen LogP contribution in [0.2, 0.25) is 0 Å². The van der Waals surface area contributed by atoms with Crippen molar-refractivity contribution in [2.45, 2.75) is 12.8 Å². The summed E-state index contributed by atoms with van der Waals surface area (Å²) in [5, 5.41) is 10.8. The normalized spacial score (nSPS) is 14.2. The van der Waals surface area contributed by atoms with Gasteiger partial charge in [0, 0.05) is 25.8 Å². The number of nitrogens with zero attached hydrogens (tertiary/aromatic N) is 2. The minimum absolute atomic E-state index is 0.106. The van der Waals surface area contributed by atoms with Gasteiger partial charge in [0.2, 0.25) is 0 Å². The fourth-order valence-corrected chi connectivity index (χ4v) is 3.28. The smallest absolute Gasteiger partial charge is 0.188 e. The zero-order valence-corrected chi connectivity index (χ0v) is 16.9. The van der Waals surface area contributed by atoms with Gasteiger partial charge in [-0.15, -0.1) is 0 Å². The number of benzene rings is 2. The topological polar surface area (TPSA) is 86.7 Å². The van der Waals surface area contributed by atoms with Gasteiger partial charge in [0.25, 0.3) is 0 Å². The summed E-state index contributed by atoms with van der Waals surface area (Å²) in [6, 6.07) is 18.4. The number of guanidine groups is 1. The molecule has 0 bridgehead atoms. The molecular formula is C23H29N5O. The van der Waals surface area contributed by atoms with Crippen molar-refractivity contribution >= 4 is 17.5 Å². The Kier molecular flexibility index (Phi) is 6.89. The molecule has 2 aromatic carbocycles. The molecule has 0 aromatic heterocycles. The Morgan fingerprint density at radius 2 is 1.90 bits per heavy atom. The molecule has 0 spiro atoms. The highest BCUT2D eigenvalue weighted by Crippen LogP contribution is 2.20. The van der Waals surface area contributed by atoms with Crippen molar-refractivity contribution in [3.05, 3.63) is 72.3 Å². The lowest BCUT2D eigenvalue weighted by atomic mass is 9.98. The van der Waals surface area contributed by atoms with Crippen LogP contribution in [0.15, 0.2) is 66.2 Å². The zero-order chi connectivity index (χ0) is 20.6. The second kappa shape index (κ2) is 9.78. The maximum absolute atomic E-state index is 7.45. The number of likely N-dealkylation sites (tertiary alicyclic amines) is 1. The van der Waals surface area contributed by atoms with Crippen molar-refractivity contribution < 1.29 is 4.74 Å². The summed E-state index contributed by atoms with van der Waals surface area (Å²) in [6.45, 7) is 6.23. The number of aryl methyl sites for hydroxylation is 1. The summed E-state index contributed by atoms with van der Waals surface area (Å²) >= 11 is 0. The summed E-state index contributed by atoms with van der Waals surface area (Å²) < 4.78 is 5.85. The SMILES string of the molecule is C=C(NC(=NC)C1CN(C(=N)N)C1)c1ccc(OCCCc2ccccc2)cc1. The third-order valence-corrected chi connectivity index (χ3v) is 5.05. The van der Waals surface area contributed by atoms with Crippen LogP contribution in [0.3, 0.4) is 0 Å². The van der Waals surface area contributed by atoms with Crippen LogP contribution in [0, 0.1) is 11.3 Å². The number of amidine groups is 1. The third-order valence-electron chi connectivity index (χ3n) is 5.05. The van der Waals surface area contributed by atoms with E-state index >= 15 is 0 Å². The van der Waals surface area contributed by atoms with Crippen LogP contribution in [-0.2, 0) is 6.42 Å². The quantitative estimate of drug-likeness (QED) is 0.367. The standard InChI is InChI=1S/C23H29N5O/c1-17(27-22(26-2)20-15-28(16-20)23(24)25)19-10-12-21(13-11-19)29-14-6-9-18-7-4-3-5-8-18/h3-5,7-8,10-13,20H,1,6,9,14-16H2,2H3,(H3,24,25)(H,26,27). The maximum Gasteiger partial charge on any atom is 0.188 e. The predicted molar refractivity (Wildman–Crippen MR) is 119 cm³/mol. The monoisotopic (exact) mass is 391 g/mol. The van der Waals surface area contributed by atoms with E-state index in [1.807, 2.05) is 35.2 Å². The molecule has 3 rings (SSSR count). The minimum Gasteiger partial charge on any atom is -0.494 e. The second-order valence-electron chi connectivity index (χ2n) is 7.16. The number of rotatable bonds is 8. The highest BCUT2D eigenvalue weighted by molar-refractivity contribution is 5.94. The number of aliphatic imine (C=N–C) groups is 1. The molecule has 1 aliphatic heterocycles. The van der Waals surface area contributed by atoms with Crippen LogP contribution >= 0.6 is 0 Å². The van der Waals surface area contributed by atoms with Crippen LogP contribution in [0.5, 0.6) is 5.75 Å². The van der Waals surface area contributed by atoms with Gasteiger partial charge in [0.15, 0.2) is 5.96 Å². The van der Waals surface area contributed by atoms with Crippen LogP contribution in [0.25, 0.3) is 5.70 Å². The number of hydrogen-bond acceptors (Lipinski definition) is 3. The van der Waals surface area contributed by atoms with Gasteiger partial charge in [-0.3, -0.25) is 10.4 Å². The van der Waals surface area contributed by atoms with E-state index in [-0.39, 0.29) is 11.9 Å². The average molecular weight is 392 g/mol. The van der Waals surface area contributed by atoms with Crippen molar-refractivity contribution in [1.82, 2.24) is 10.2 Å². The minimum atomic E-state index is 0.106. The molecule has 2 aromatic rings. The van der Waals surface area contributed by atoms with Gasteiger partial charge in [-0.1, -0.05) is 36.9 Å². The van der Waals surface area contributed by atoms with Gasteiger partial charge in [-0.25, -0.2) is 0 Å².